The molecule has 0 aliphatic heterocycles. The van der Waals surface area contributed by atoms with Crippen molar-refractivity contribution >= 4 is 5.97 Å². The Hall–Kier alpha value is -1.36. The minimum atomic E-state index is -0.714. The van der Waals surface area contributed by atoms with Gasteiger partial charge in [0.1, 0.15) is 11.4 Å². The molecule has 0 saturated carbocycles. The number of ether oxygens (including phenoxy) is 1. The van der Waals surface area contributed by atoms with Gasteiger partial charge in [-0.25, -0.2) is 9.78 Å². The lowest BCUT2D eigenvalue weighted by Crippen LogP contribution is -2.53. The van der Waals surface area contributed by atoms with Crippen molar-refractivity contribution in [2.24, 2.45) is 0 Å². The smallest absolute Gasteiger partial charge is 0.327 e. The van der Waals surface area contributed by atoms with E-state index in [0.717, 1.165) is 12.2 Å². The van der Waals surface area contributed by atoms with E-state index >= 15 is 0 Å². The van der Waals surface area contributed by atoms with E-state index in [1.165, 1.54) is 7.11 Å². The number of nitrogens with zero attached hydrogens (tertiary/aromatic N) is 2. The second kappa shape index (κ2) is 5.82. The van der Waals surface area contributed by atoms with Gasteiger partial charge in [0, 0.05) is 18.8 Å². The van der Waals surface area contributed by atoms with Gasteiger partial charge in [-0.2, -0.15) is 0 Å². The maximum Gasteiger partial charge on any atom is 0.327 e. The van der Waals surface area contributed by atoms with Gasteiger partial charge in [-0.15, -0.1) is 0 Å². The minimum Gasteiger partial charge on any atom is -0.468 e. The van der Waals surface area contributed by atoms with Gasteiger partial charge in [0.2, 0.25) is 0 Å². The third-order valence-electron chi connectivity index (χ3n) is 2.81. The van der Waals surface area contributed by atoms with Crippen LogP contribution >= 0.6 is 0 Å². The van der Waals surface area contributed by atoms with Gasteiger partial charge in [0.05, 0.1) is 13.7 Å². The highest BCUT2D eigenvalue weighted by atomic mass is 16.5. The van der Waals surface area contributed by atoms with E-state index < -0.39 is 5.54 Å². The zero-order valence-corrected chi connectivity index (χ0v) is 11.0. The van der Waals surface area contributed by atoms with Crippen LogP contribution in [0.4, 0.5) is 0 Å². The van der Waals surface area contributed by atoms with Gasteiger partial charge in [-0.3, -0.25) is 0 Å². The molecular weight excluding hydrogens is 218 g/mol. The number of rotatable bonds is 6. The second-order valence-electron chi connectivity index (χ2n) is 4.18. The van der Waals surface area contributed by atoms with Gasteiger partial charge in [0.25, 0.3) is 0 Å². The molecule has 0 aliphatic rings. The fourth-order valence-corrected chi connectivity index (χ4v) is 1.95. The molecule has 1 N–H and O–H groups in total. The van der Waals surface area contributed by atoms with Crippen molar-refractivity contribution in [3.63, 3.8) is 0 Å². The highest BCUT2D eigenvalue weighted by molar-refractivity contribution is 5.80. The molecule has 0 fully saturated rings. The van der Waals surface area contributed by atoms with Gasteiger partial charge < -0.3 is 14.6 Å². The Kier molecular flexibility index (Phi) is 4.69. The summed E-state index contributed by atoms with van der Waals surface area (Å²) in [5.74, 6) is 0.716. The lowest BCUT2D eigenvalue weighted by Gasteiger charge is -2.28. The van der Waals surface area contributed by atoms with Crippen molar-refractivity contribution in [3.05, 3.63) is 18.2 Å². The molecule has 0 radical (unpaired) electrons. The Morgan fingerprint density at radius 2 is 2.29 bits per heavy atom. The molecule has 0 aromatic carbocycles. The van der Waals surface area contributed by atoms with Crippen molar-refractivity contribution < 1.29 is 9.53 Å². The second-order valence-corrected chi connectivity index (χ2v) is 4.18. The Morgan fingerprint density at radius 1 is 1.59 bits per heavy atom. The zero-order valence-electron chi connectivity index (χ0n) is 11.0. The van der Waals surface area contributed by atoms with Crippen LogP contribution in [0.3, 0.4) is 0 Å². The third kappa shape index (κ3) is 3.06. The van der Waals surface area contributed by atoms with E-state index in [1.54, 1.807) is 6.20 Å². The number of nitrogens with one attached hydrogen (secondary N) is 1. The van der Waals surface area contributed by atoms with Crippen molar-refractivity contribution in [1.29, 1.82) is 0 Å². The Bertz CT molecular complexity index is 376. The Labute approximate surface area is 102 Å². The van der Waals surface area contributed by atoms with E-state index in [1.807, 2.05) is 31.5 Å². The van der Waals surface area contributed by atoms with Gasteiger partial charge in [0.15, 0.2) is 0 Å². The fourth-order valence-electron chi connectivity index (χ4n) is 1.95. The Balaban J connectivity index is 2.90. The SMILES string of the molecule is CCNC(C)(Cn1ccnc1CC)C(=O)OC. The predicted octanol–water partition coefficient (Wildman–Crippen LogP) is 0.987. The number of carbonyl (C=O) groups excluding carboxylic acids is 1. The largest absolute Gasteiger partial charge is 0.468 e. The maximum absolute atomic E-state index is 11.8. The molecule has 0 aliphatic carbocycles. The molecule has 0 bridgehead atoms. The first-order valence-corrected chi connectivity index (χ1v) is 5.90. The molecule has 0 amide bonds. The molecule has 1 aromatic heterocycles. The van der Waals surface area contributed by atoms with Crippen LogP contribution < -0.4 is 5.32 Å². The number of hydrogen-bond acceptors (Lipinski definition) is 4. The van der Waals surface area contributed by atoms with Crippen LogP contribution in [-0.4, -0.2) is 34.7 Å². The Morgan fingerprint density at radius 3 is 2.82 bits per heavy atom. The predicted molar refractivity (Wildman–Crippen MR) is 65.7 cm³/mol. The molecule has 1 heterocycles. The first kappa shape index (κ1) is 13.7. The van der Waals surface area contributed by atoms with Crippen molar-refractivity contribution in [2.75, 3.05) is 13.7 Å². The zero-order chi connectivity index (χ0) is 12.9. The maximum atomic E-state index is 11.8. The summed E-state index contributed by atoms with van der Waals surface area (Å²) in [4.78, 5) is 16.1. The molecule has 1 aromatic rings. The highest BCUT2D eigenvalue weighted by Crippen LogP contribution is 2.12. The van der Waals surface area contributed by atoms with E-state index in [0.29, 0.717) is 13.1 Å². The number of methoxy groups -OCH3 is 1. The first-order valence-electron chi connectivity index (χ1n) is 5.90. The summed E-state index contributed by atoms with van der Waals surface area (Å²) in [6, 6.07) is 0. The molecule has 17 heavy (non-hydrogen) atoms. The quantitative estimate of drug-likeness (QED) is 0.752. The van der Waals surface area contributed by atoms with Crippen LogP contribution in [0.25, 0.3) is 0 Å². The summed E-state index contributed by atoms with van der Waals surface area (Å²) in [6.07, 6.45) is 4.48. The molecule has 0 saturated heterocycles. The average Bonchev–Trinajstić information content (AvgIpc) is 2.75. The molecule has 96 valence electrons. The summed E-state index contributed by atoms with van der Waals surface area (Å²) in [5.41, 5.74) is -0.714. The molecule has 5 nitrogen and oxygen atoms in total. The van der Waals surface area contributed by atoms with Gasteiger partial charge in [-0.05, 0) is 13.5 Å². The van der Waals surface area contributed by atoms with E-state index in [2.05, 4.69) is 10.3 Å². The van der Waals surface area contributed by atoms with E-state index in [-0.39, 0.29) is 5.97 Å². The van der Waals surface area contributed by atoms with Crippen LogP contribution in [0.15, 0.2) is 12.4 Å². The molecule has 0 spiro atoms. The fraction of sp³-hybridized carbons (Fsp3) is 0.667. The standard InChI is InChI=1S/C12H21N3O2/c1-5-10-13-7-8-15(10)9-12(3,14-6-2)11(16)17-4/h7-8,14H,5-6,9H2,1-4H3. The number of esters is 1. The highest BCUT2D eigenvalue weighted by Gasteiger charge is 2.34. The average molecular weight is 239 g/mol. The van der Waals surface area contributed by atoms with Gasteiger partial charge >= 0.3 is 5.97 Å². The molecule has 5 heteroatoms. The lowest BCUT2D eigenvalue weighted by atomic mass is 10.0. The minimum absolute atomic E-state index is 0.255. The lowest BCUT2D eigenvalue weighted by molar-refractivity contribution is -0.148. The molecule has 1 rings (SSSR count). The number of imidazole rings is 1. The monoisotopic (exact) mass is 239 g/mol. The summed E-state index contributed by atoms with van der Waals surface area (Å²) in [7, 11) is 1.41. The van der Waals surface area contributed by atoms with Crippen LogP contribution in [0, 0.1) is 0 Å². The summed E-state index contributed by atoms with van der Waals surface area (Å²) in [5, 5.41) is 3.18. The van der Waals surface area contributed by atoms with Gasteiger partial charge in [-0.1, -0.05) is 13.8 Å². The number of aromatic nitrogens is 2. The van der Waals surface area contributed by atoms with Crippen LogP contribution in [0.5, 0.6) is 0 Å². The number of hydrogen-bond donors (Lipinski definition) is 1. The molecule has 1 atom stereocenters. The molecule has 1 unspecified atom stereocenters. The normalized spacial score (nSPS) is 14.4. The van der Waals surface area contributed by atoms with Crippen molar-refractivity contribution in [1.82, 2.24) is 14.9 Å². The summed E-state index contributed by atoms with van der Waals surface area (Å²) in [6.45, 7) is 7.09. The molecular formula is C12H21N3O2. The topological polar surface area (TPSA) is 56.2 Å². The van der Waals surface area contributed by atoms with Crippen LogP contribution in [-0.2, 0) is 22.5 Å². The number of likely N-dealkylation sites (N-methyl/N-ethyl adjacent to an activating group) is 1. The van der Waals surface area contributed by atoms with Crippen molar-refractivity contribution in [2.45, 2.75) is 39.3 Å². The number of aryl methyl sites for hydroxylation is 1. The summed E-state index contributed by atoms with van der Waals surface area (Å²) < 4.78 is 6.84. The third-order valence-corrected chi connectivity index (χ3v) is 2.81. The van der Waals surface area contributed by atoms with Crippen LogP contribution in [0.1, 0.15) is 26.6 Å². The summed E-state index contributed by atoms with van der Waals surface area (Å²) >= 11 is 0. The van der Waals surface area contributed by atoms with Crippen LogP contribution in [0.2, 0.25) is 0 Å². The van der Waals surface area contributed by atoms with E-state index in [9.17, 15) is 4.79 Å². The first-order chi connectivity index (χ1) is 8.07. The van der Waals surface area contributed by atoms with Crippen molar-refractivity contribution in [3.8, 4) is 0 Å². The van der Waals surface area contributed by atoms with E-state index in [4.69, 9.17) is 4.74 Å². The number of carbonyl (C=O) groups is 1.